The number of fused-ring (bicyclic) bond motifs is 1. The molecule has 1 amide bonds. The third-order valence-electron chi connectivity index (χ3n) is 5.57. The van der Waals surface area contributed by atoms with E-state index in [-0.39, 0.29) is 36.3 Å². The van der Waals surface area contributed by atoms with E-state index < -0.39 is 29.0 Å². The van der Waals surface area contributed by atoms with Crippen LogP contribution in [0.25, 0.3) is 0 Å². The number of hydrogen-bond donors (Lipinski definition) is 2. The minimum atomic E-state index is -1.86. The highest BCUT2D eigenvalue weighted by Gasteiger charge is 2.71. The van der Waals surface area contributed by atoms with Gasteiger partial charge in [-0.15, -0.1) is 0 Å². The molecule has 3 rings (SSSR count). The Kier molecular flexibility index (Phi) is 5.60. The molecule has 2 atom stereocenters. The lowest BCUT2D eigenvalue weighted by Crippen LogP contribution is -2.61. The molecule has 0 spiro atoms. The molecule has 1 aromatic carbocycles. The lowest BCUT2D eigenvalue weighted by atomic mass is 9.75. The maximum absolute atomic E-state index is 13.0. The van der Waals surface area contributed by atoms with E-state index in [2.05, 4.69) is 5.43 Å². The van der Waals surface area contributed by atoms with Crippen LogP contribution in [0.2, 0.25) is 5.02 Å². The summed E-state index contributed by atoms with van der Waals surface area (Å²) < 4.78 is 10.1. The van der Waals surface area contributed by atoms with Gasteiger partial charge in [0.25, 0.3) is 5.91 Å². The Morgan fingerprint density at radius 2 is 2.03 bits per heavy atom. The molecule has 1 aromatic rings. The van der Waals surface area contributed by atoms with Crippen LogP contribution in [0.5, 0.6) is 0 Å². The fourth-order valence-electron chi connectivity index (χ4n) is 4.36. The van der Waals surface area contributed by atoms with Gasteiger partial charge in [0.05, 0.1) is 19.3 Å². The fourth-order valence-corrected chi connectivity index (χ4v) is 4.55. The van der Waals surface area contributed by atoms with Crippen molar-refractivity contribution in [2.45, 2.75) is 38.8 Å². The van der Waals surface area contributed by atoms with Gasteiger partial charge in [-0.2, -0.15) is 0 Å². The summed E-state index contributed by atoms with van der Waals surface area (Å²) >= 11 is 5.96. The van der Waals surface area contributed by atoms with Gasteiger partial charge in [0.1, 0.15) is 0 Å². The number of benzene rings is 1. The topological polar surface area (TPSA) is 105 Å². The number of rotatable bonds is 5. The molecular weight excluding hydrogens is 400 g/mol. The number of esters is 2. The molecule has 1 aliphatic carbocycles. The molecule has 0 saturated heterocycles. The molecule has 0 radical (unpaired) electrons. The van der Waals surface area contributed by atoms with Gasteiger partial charge >= 0.3 is 11.9 Å². The molecule has 2 aliphatic rings. The predicted octanol–water partition coefficient (Wildman–Crippen LogP) is 2.17. The zero-order valence-corrected chi connectivity index (χ0v) is 17.2. The highest BCUT2D eigenvalue weighted by atomic mass is 35.5. The van der Waals surface area contributed by atoms with Crippen molar-refractivity contribution in [1.29, 1.82) is 0 Å². The Morgan fingerprint density at radius 3 is 2.66 bits per heavy atom. The second kappa shape index (κ2) is 7.68. The Labute approximate surface area is 173 Å². The summed E-state index contributed by atoms with van der Waals surface area (Å²) in [6.45, 7) is 3.27. The second-order valence-electron chi connectivity index (χ2n) is 7.03. The molecule has 1 saturated carbocycles. The Hall–Kier alpha value is -2.58. The number of carbonyl (C=O) groups excluding carboxylic acids is 3. The lowest BCUT2D eigenvalue weighted by Gasteiger charge is -2.41. The van der Waals surface area contributed by atoms with Crippen LogP contribution < -0.4 is 5.43 Å². The van der Waals surface area contributed by atoms with Crippen LogP contribution in [0.15, 0.2) is 35.5 Å². The van der Waals surface area contributed by atoms with Gasteiger partial charge in [-0.1, -0.05) is 17.7 Å². The van der Waals surface area contributed by atoms with Crippen molar-refractivity contribution in [2.75, 3.05) is 13.7 Å². The zero-order valence-electron chi connectivity index (χ0n) is 16.5. The summed E-state index contributed by atoms with van der Waals surface area (Å²) in [6.07, 6.45) is 0.791. The molecule has 0 unspecified atom stereocenters. The maximum atomic E-state index is 13.0. The quantitative estimate of drug-likeness (QED) is 0.700. The highest BCUT2D eigenvalue weighted by molar-refractivity contribution is 6.30. The monoisotopic (exact) mass is 422 g/mol. The van der Waals surface area contributed by atoms with E-state index in [4.69, 9.17) is 21.1 Å². The van der Waals surface area contributed by atoms with E-state index in [1.54, 1.807) is 32.0 Å². The van der Waals surface area contributed by atoms with Crippen LogP contribution in [0.1, 0.15) is 43.5 Å². The summed E-state index contributed by atoms with van der Waals surface area (Å²) in [7, 11) is 1.20. The van der Waals surface area contributed by atoms with Crippen LogP contribution in [0, 0.1) is 5.41 Å². The van der Waals surface area contributed by atoms with Gasteiger partial charge in [0, 0.05) is 16.3 Å². The average molecular weight is 423 g/mol. The van der Waals surface area contributed by atoms with Crippen LogP contribution in [0.4, 0.5) is 0 Å². The van der Waals surface area contributed by atoms with Gasteiger partial charge in [0.15, 0.2) is 11.1 Å². The normalized spacial score (nSPS) is 25.6. The molecule has 1 heterocycles. The van der Waals surface area contributed by atoms with E-state index >= 15 is 0 Å². The second-order valence-corrected chi connectivity index (χ2v) is 7.47. The van der Waals surface area contributed by atoms with Crippen molar-refractivity contribution in [3.63, 3.8) is 0 Å². The van der Waals surface area contributed by atoms with Crippen molar-refractivity contribution >= 4 is 29.4 Å². The van der Waals surface area contributed by atoms with Crippen LogP contribution in [-0.2, 0) is 19.1 Å². The summed E-state index contributed by atoms with van der Waals surface area (Å²) in [5, 5.41) is 13.2. The van der Waals surface area contributed by atoms with Gasteiger partial charge in [-0.3, -0.25) is 20.0 Å². The summed E-state index contributed by atoms with van der Waals surface area (Å²) in [5.74, 6) is -2.02. The molecule has 8 nitrogen and oxygen atoms in total. The van der Waals surface area contributed by atoms with E-state index in [1.807, 2.05) is 0 Å². The maximum Gasteiger partial charge on any atom is 0.336 e. The number of hydrogen-bond acceptors (Lipinski definition) is 7. The number of nitrogens with one attached hydrogen (secondary N) is 1. The molecule has 29 heavy (non-hydrogen) atoms. The first-order chi connectivity index (χ1) is 13.7. The molecule has 1 fully saturated rings. The van der Waals surface area contributed by atoms with Gasteiger partial charge < -0.3 is 14.6 Å². The fraction of sp³-hybridized carbons (Fsp3) is 0.450. The standard InChI is InChI=1S/C20H23ClN2O6/c1-4-29-18(26)19-9-6-10-20(19,27)23(12(2)15(19)17(25)28-3)22-16(24)13-7-5-8-14(21)11-13/h5,7-8,11,27H,4,6,9-10H2,1-3H3,(H,22,24)/t19-,20-/m1/s1. The van der Waals surface area contributed by atoms with E-state index in [9.17, 15) is 19.5 Å². The van der Waals surface area contributed by atoms with E-state index in [0.717, 1.165) is 0 Å². The number of hydrazine groups is 1. The van der Waals surface area contributed by atoms with Gasteiger partial charge in [-0.05, 0) is 51.3 Å². The Bertz CT molecular complexity index is 901. The molecular formula is C20H23ClN2O6. The van der Waals surface area contributed by atoms with Crippen molar-refractivity contribution in [2.24, 2.45) is 5.41 Å². The first-order valence-electron chi connectivity index (χ1n) is 9.29. The van der Waals surface area contributed by atoms with Crippen LogP contribution in [0.3, 0.4) is 0 Å². The molecule has 9 heteroatoms. The minimum absolute atomic E-state index is 0.00940. The van der Waals surface area contributed by atoms with Crippen LogP contribution in [-0.4, -0.2) is 47.4 Å². The number of amides is 1. The van der Waals surface area contributed by atoms with Crippen LogP contribution >= 0.6 is 11.6 Å². The minimum Gasteiger partial charge on any atom is -0.466 e. The Morgan fingerprint density at radius 1 is 1.31 bits per heavy atom. The first kappa shape index (κ1) is 21.1. The van der Waals surface area contributed by atoms with Crippen molar-refractivity contribution in [1.82, 2.24) is 10.4 Å². The number of halogens is 1. The summed E-state index contributed by atoms with van der Waals surface area (Å²) in [4.78, 5) is 38.4. The third kappa shape index (κ3) is 3.07. The SMILES string of the molecule is CCOC(=O)[C@]12CCC[C@]1(O)N(NC(=O)c1cccc(Cl)c1)C(C)=C2C(=O)OC. The average Bonchev–Trinajstić information content (AvgIpc) is 3.12. The largest absolute Gasteiger partial charge is 0.466 e. The smallest absolute Gasteiger partial charge is 0.336 e. The summed E-state index contributed by atoms with van der Waals surface area (Å²) in [5.41, 5.74) is -0.405. The van der Waals surface area contributed by atoms with Gasteiger partial charge in [0.2, 0.25) is 0 Å². The molecule has 1 aliphatic heterocycles. The number of carbonyl (C=O) groups is 3. The Balaban J connectivity index is 2.08. The lowest BCUT2D eigenvalue weighted by molar-refractivity contribution is -0.187. The van der Waals surface area contributed by atoms with E-state index in [1.165, 1.54) is 18.2 Å². The number of ether oxygens (including phenoxy) is 2. The third-order valence-corrected chi connectivity index (χ3v) is 5.80. The van der Waals surface area contributed by atoms with Gasteiger partial charge in [-0.25, -0.2) is 4.79 Å². The number of allylic oxidation sites excluding steroid dienone is 1. The van der Waals surface area contributed by atoms with Crippen molar-refractivity contribution in [3.8, 4) is 0 Å². The number of nitrogens with zero attached hydrogens (tertiary/aromatic N) is 1. The van der Waals surface area contributed by atoms with Crippen molar-refractivity contribution in [3.05, 3.63) is 46.1 Å². The highest BCUT2D eigenvalue weighted by Crippen LogP contribution is 2.59. The molecule has 0 bridgehead atoms. The van der Waals surface area contributed by atoms with Crippen molar-refractivity contribution < 1.29 is 29.0 Å². The first-order valence-corrected chi connectivity index (χ1v) is 9.66. The summed E-state index contributed by atoms with van der Waals surface area (Å²) in [6, 6.07) is 6.29. The molecule has 0 aromatic heterocycles. The molecule has 156 valence electrons. The molecule has 2 N–H and O–H groups in total. The number of aliphatic hydroxyl groups is 1. The van der Waals surface area contributed by atoms with E-state index in [0.29, 0.717) is 11.4 Å². The predicted molar refractivity (Wildman–Crippen MR) is 103 cm³/mol. The number of methoxy groups -OCH3 is 1. The zero-order chi connectivity index (χ0) is 21.4.